The third-order valence-electron chi connectivity index (χ3n) is 5.83. The Morgan fingerprint density at radius 2 is 1.58 bits per heavy atom. The zero-order valence-corrected chi connectivity index (χ0v) is 24.8. The molecular formula is C29H32N4O9S. The van der Waals surface area contributed by atoms with E-state index in [9.17, 15) is 27.6 Å². The molecular weight excluding hydrogens is 580 g/mol. The van der Waals surface area contributed by atoms with E-state index in [0.29, 0.717) is 23.5 Å². The summed E-state index contributed by atoms with van der Waals surface area (Å²) in [6, 6.07) is 13.2. The Morgan fingerprint density at radius 3 is 2.19 bits per heavy atom. The number of methoxy groups -OCH3 is 2. The fourth-order valence-corrected chi connectivity index (χ4v) is 4.67. The maximum absolute atomic E-state index is 12.8. The minimum absolute atomic E-state index is 0.0776. The number of hydrogen-bond acceptors (Lipinski definition) is 10. The Kier molecular flexibility index (Phi) is 11.2. The first-order valence-electron chi connectivity index (χ1n) is 13.0. The number of carbonyl (C=O) groups is 4. The van der Waals surface area contributed by atoms with E-state index in [1.807, 2.05) is 4.72 Å². The first kappa shape index (κ1) is 32.5. The fraction of sp³-hybridized carbons (Fsp3) is 0.276. The van der Waals surface area contributed by atoms with Gasteiger partial charge >= 0.3 is 5.97 Å². The number of aromatic nitrogens is 1. The van der Waals surface area contributed by atoms with E-state index in [2.05, 4.69) is 15.6 Å². The van der Waals surface area contributed by atoms with Crippen LogP contribution in [0.15, 0.2) is 65.7 Å². The summed E-state index contributed by atoms with van der Waals surface area (Å²) in [4.78, 5) is 52.6. The number of benzene rings is 2. The number of sulfonamides is 1. The lowest BCUT2D eigenvalue weighted by Gasteiger charge is -2.11. The predicted molar refractivity (Wildman–Crippen MR) is 154 cm³/mol. The summed E-state index contributed by atoms with van der Waals surface area (Å²) < 4.78 is 42.8. The molecule has 43 heavy (non-hydrogen) atoms. The number of amides is 3. The zero-order valence-electron chi connectivity index (χ0n) is 24.0. The SMILES string of the molecule is COc1ccc(OC)c(C(=O)NCCc2ccc(S(=O)(=O)NC(=O)c3ccc(C(=O)NCC(=O)OC(C)C)nc3)cc2)c1. The standard InChI is InChI=1S/C29H32N4O9S/c1-18(2)42-26(34)17-32-29(37)24-11-7-20(16-31-24)27(35)33-43(38,39)22-9-5-19(6-10-22)13-14-30-28(36)23-15-21(40-3)8-12-25(23)41-4/h5-12,15-16,18H,13-14,17H2,1-4H3,(H,30,36)(H,32,37)(H,33,35). The van der Waals surface area contributed by atoms with E-state index in [1.165, 1.54) is 38.5 Å². The largest absolute Gasteiger partial charge is 0.497 e. The monoisotopic (exact) mass is 612 g/mol. The van der Waals surface area contributed by atoms with Crippen LogP contribution in [-0.2, 0) is 26.0 Å². The van der Waals surface area contributed by atoms with Gasteiger partial charge in [0.25, 0.3) is 27.7 Å². The lowest BCUT2D eigenvalue weighted by Crippen LogP contribution is -2.32. The molecule has 0 spiro atoms. The molecule has 0 aliphatic carbocycles. The van der Waals surface area contributed by atoms with Gasteiger partial charge in [0.1, 0.15) is 23.7 Å². The van der Waals surface area contributed by atoms with Crippen molar-refractivity contribution in [2.75, 3.05) is 27.3 Å². The van der Waals surface area contributed by atoms with Crippen molar-refractivity contribution in [1.82, 2.24) is 20.3 Å². The molecule has 3 amide bonds. The number of pyridine rings is 1. The van der Waals surface area contributed by atoms with Crippen molar-refractivity contribution < 1.29 is 41.8 Å². The Morgan fingerprint density at radius 1 is 0.860 bits per heavy atom. The van der Waals surface area contributed by atoms with Gasteiger partial charge in [-0.25, -0.2) is 13.1 Å². The van der Waals surface area contributed by atoms with Crippen LogP contribution in [0.25, 0.3) is 0 Å². The summed E-state index contributed by atoms with van der Waals surface area (Å²) in [5, 5.41) is 5.14. The summed E-state index contributed by atoms with van der Waals surface area (Å²) in [5.74, 6) is -1.68. The molecule has 3 rings (SSSR count). The third-order valence-corrected chi connectivity index (χ3v) is 7.18. The number of nitrogens with one attached hydrogen (secondary N) is 3. The number of esters is 1. The van der Waals surface area contributed by atoms with Gasteiger partial charge < -0.3 is 24.8 Å². The Hall–Kier alpha value is -4.98. The molecule has 0 radical (unpaired) electrons. The highest BCUT2D eigenvalue weighted by atomic mass is 32.2. The second-order valence-electron chi connectivity index (χ2n) is 9.30. The summed E-state index contributed by atoms with van der Waals surface area (Å²) in [6.45, 7) is 3.26. The molecule has 13 nitrogen and oxygen atoms in total. The number of nitrogens with zero attached hydrogens (tertiary/aromatic N) is 1. The van der Waals surface area contributed by atoms with Gasteiger partial charge in [0, 0.05) is 12.7 Å². The molecule has 228 valence electrons. The van der Waals surface area contributed by atoms with E-state index in [1.54, 1.807) is 44.2 Å². The van der Waals surface area contributed by atoms with Crippen molar-refractivity contribution in [3.05, 3.63) is 83.2 Å². The smallest absolute Gasteiger partial charge is 0.325 e. The third kappa shape index (κ3) is 9.26. The topological polar surface area (TPSA) is 179 Å². The van der Waals surface area contributed by atoms with Crippen LogP contribution in [0.3, 0.4) is 0 Å². The Labute approximate surface area is 249 Å². The molecule has 0 aliphatic rings. The number of hydrogen-bond donors (Lipinski definition) is 3. The van der Waals surface area contributed by atoms with Crippen molar-refractivity contribution in [3.8, 4) is 11.5 Å². The average Bonchev–Trinajstić information content (AvgIpc) is 2.99. The van der Waals surface area contributed by atoms with Gasteiger partial charge in [-0.3, -0.25) is 24.2 Å². The minimum Gasteiger partial charge on any atom is -0.497 e. The van der Waals surface area contributed by atoms with Crippen molar-refractivity contribution in [2.24, 2.45) is 0 Å². The lowest BCUT2D eigenvalue weighted by molar-refractivity contribution is -0.146. The average molecular weight is 613 g/mol. The molecule has 0 fully saturated rings. The van der Waals surface area contributed by atoms with Crippen LogP contribution in [0.2, 0.25) is 0 Å². The van der Waals surface area contributed by atoms with Gasteiger partial charge in [-0.2, -0.15) is 0 Å². The van der Waals surface area contributed by atoms with Gasteiger partial charge in [0.15, 0.2) is 0 Å². The van der Waals surface area contributed by atoms with Crippen LogP contribution in [0.5, 0.6) is 11.5 Å². The first-order valence-corrected chi connectivity index (χ1v) is 14.5. The number of ether oxygens (including phenoxy) is 3. The zero-order chi connectivity index (χ0) is 31.6. The highest BCUT2D eigenvalue weighted by Crippen LogP contribution is 2.23. The second kappa shape index (κ2) is 14.8. The highest BCUT2D eigenvalue weighted by molar-refractivity contribution is 7.90. The molecule has 3 aromatic rings. The van der Waals surface area contributed by atoms with Crippen molar-refractivity contribution in [3.63, 3.8) is 0 Å². The highest BCUT2D eigenvalue weighted by Gasteiger charge is 2.20. The maximum atomic E-state index is 12.8. The van der Waals surface area contributed by atoms with Gasteiger partial charge in [0.2, 0.25) is 0 Å². The Balaban J connectivity index is 1.53. The molecule has 2 aromatic carbocycles. The van der Waals surface area contributed by atoms with Crippen LogP contribution in [0, 0.1) is 0 Å². The number of rotatable bonds is 13. The first-order chi connectivity index (χ1) is 20.4. The summed E-state index contributed by atoms with van der Waals surface area (Å²) in [5.41, 5.74) is 0.889. The molecule has 0 bridgehead atoms. The van der Waals surface area contributed by atoms with E-state index < -0.39 is 27.8 Å². The molecule has 0 aliphatic heterocycles. The van der Waals surface area contributed by atoms with Crippen molar-refractivity contribution in [2.45, 2.75) is 31.3 Å². The fourth-order valence-electron chi connectivity index (χ4n) is 3.69. The minimum atomic E-state index is -4.22. The van der Waals surface area contributed by atoms with Crippen LogP contribution in [0.1, 0.15) is 50.6 Å². The Bertz CT molecular complexity index is 1570. The molecule has 0 saturated carbocycles. The van der Waals surface area contributed by atoms with Crippen LogP contribution >= 0.6 is 0 Å². The van der Waals surface area contributed by atoms with Crippen LogP contribution in [-0.4, -0.2) is 70.5 Å². The molecule has 3 N–H and O–H groups in total. The van der Waals surface area contributed by atoms with E-state index in [0.717, 1.165) is 11.8 Å². The van der Waals surface area contributed by atoms with E-state index in [-0.39, 0.29) is 41.3 Å². The molecule has 0 saturated heterocycles. The van der Waals surface area contributed by atoms with Gasteiger partial charge in [-0.1, -0.05) is 12.1 Å². The molecule has 0 atom stereocenters. The molecule has 14 heteroatoms. The van der Waals surface area contributed by atoms with Crippen LogP contribution in [0.4, 0.5) is 0 Å². The molecule has 0 unspecified atom stereocenters. The second-order valence-corrected chi connectivity index (χ2v) is 11.0. The van der Waals surface area contributed by atoms with E-state index >= 15 is 0 Å². The lowest BCUT2D eigenvalue weighted by atomic mass is 10.1. The van der Waals surface area contributed by atoms with E-state index in [4.69, 9.17) is 14.2 Å². The van der Waals surface area contributed by atoms with Gasteiger partial charge in [-0.05, 0) is 68.3 Å². The molecule has 1 aromatic heterocycles. The maximum Gasteiger partial charge on any atom is 0.325 e. The summed E-state index contributed by atoms with van der Waals surface area (Å²) in [7, 11) is -1.26. The molecule has 1 heterocycles. The predicted octanol–water partition coefficient (Wildman–Crippen LogP) is 1.87. The van der Waals surface area contributed by atoms with Crippen molar-refractivity contribution in [1.29, 1.82) is 0 Å². The normalized spacial score (nSPS) is 10.9. The summed E-state index contributed by atoms with van der Waals surface area (Å²) in [6.07, 6.45) is 1.13. The quantitative estimate of drug-likeness (QED) is 0.241. The van der Waals surface area contributed by atoms with Gasteiger partial charge in [0.05, 0.1) is 36.3 Å². The van der Waals surface area contributed by atoms with Crippen molar-refractivity contribution >= 4 is 33.7 Å². The van der Waals surface area contributed by atoms with Crippen LogP contribution < -0.4 is 24.8 Å². The number of carbonyl (C=O) groups excluding carboxylic acids is 4. The van der Waals surface area contributed by atoms with Gasteiger partial charge in [-0.15, -0.1) is 0 Å². The summed E-state index contributed by atoms with van der Waals surface area (Å²) >= 11 is 0.